The lowest BCUT2D eigenvalue weighted by Gasteiger charge is -2.12. The largest absolute Gasteiger partial charge is 0.329 e. The number of rotatable bonds is 5. The maximum Gasteiger partial charge on any atom is 0.319 e. The highest BCUT2D eigenvalue weighted by Crippen LogP contribution is 2.20. The molecule has 0 bridgehead atoms. The Morgan fingerprint density at radius 1 is 0.889 bits per heavy atom. The molecular weight excluding hydrogens is 358 g/mol. The minimum absolute atomic E-state index is 0.0694. The molecule has 4 N–H and O–H groups in total. The summed E-state index contributed by atoms with van der Waals surface area (Å²) in [5, 5.41) is 9.85. The summed E-state index contributed by atoms with van der Waals surface area (Å²) < 4.78 is 26.0. The molecule has 0 spiro atoms. The summed E-state index contributed by atoms with van der Waals surface area (Å²) >= 11 is 0. The van der Waals surface area contributed by atoms with E-state index in [1.807, 2.05) is 0 Å². The van der Waals surface area contributed by atoms with Gasteiger partial charge in [-0.3, -0.25) is 9.59 Å². The van der Waals surface area contributed by atoms with Crippen molar-refractivity contribution in [3.05, 3.63) is 53.6 Å². The third-order valence-corrected chi connectivity index (χ3v) is 3.42. The van der Waals surface area contributed by atoms with E-state index in [1.54, 1.807) is 25.1 Å². The van der Waals surface area contributed by atoms with Gasteiger partial charge in [-0.05, 0) is 36.8 Å². The van der Waals surface area contributed by atoms with Crippen LogP contribution >= 0.6 is 0 Å². The van der Waals surface area contributed by atoms with Crippen molar-refractivity contribution in [2.45, 2.75) is 13.8 Å². The number of amides is 4. The smallest absolute Gasteiger partial charge is 0.319 e. The number of halogens is 2. The molecule has 0 aliphatic rings. The zero-order chi connectivity index (χ0) is 20.0. The fourth-order valence-corrected chi connectivity index (χ4v) is 2.14. The molecule has 0 saturated heterocycles. The fourth-order valence-electron chi connectivity index (χ4n) is 2.14. The van der Waals surface area contributed by atoms with Gasteiger partial charge in [0.05, 0.1) is 6.54 Å². The Bertz CT molecular complexity index is 887. The zero-order valence-electron chi connectivity index (χ0n) is 14.7. The predicted molar refractivity (Wildman–Crippen MR) is 97.5 cm³/mol. The van der Waals surface area contributed by atoms with E-state index in [0.717, 1.165) is 17.7 Å². The molecule has 0 radical (unpaired) electrons. The Morgan fingerprint density at radius 3 is 2.22 bits per heavy atom. The average Bonchev–Trinajstić information content (AvgIpc) is 2.59. The summed E-state index contributed by atoms with van der Waals surface area (Å²) in [4.78, 5) is 34.8. The maximum atomic E-state index is 13.1. The molecule has 4 amide bonds. The highest BCUT2D eigenvalue weighted by Gasteiger charge is 2.10. The summed E-state index contributed by atoms with van der Waals surface area (Å²) in [7, 11) is 0. The minimum Gasteiger partial charge on any atom is -0.329 e. The number of hydrogen-bond acceptors (Lipinski definition) is 3. The second kappa shape index (κ2) is 8.75. The van der Waals surface area contributed by atoms with Crippen molar-refractivity contribution >= 4 is 34.9 Å². The Balaban J connectivity index is 1.89. The number of carbonyl (C=O) groups is 3. The Hall–Kier alpha value is -3.49. The molecule has 0 fully saturated rings. The number of urea groups is 1. The van der Waals surface area contributed by atoms with Crippen LogP contribution in [0, 0.1) is 18.6 Å². The number of nitrogens with one attached hydrogen (secondary N) is 4. The van der Waals surface area contributed by atoms with Crippen LogP contribution in [0.15, 0.2) is 36.4 Å². The van der Waals surface area contributed by atoms with Gasteiger partial charge < -0.3 is 21.3 Å². The molecule has 27 heavy (non-hydrogen) atoms. The van der Waals surface area contributed by atoms with E-state index in [-0.39, 0.29) is 18.1 Å². The lowest BCUT2D eigenvalue weighted by atomic mass is 10.2. The zero-order valence-corrected chi connectivity index (χ0v) is 14.7. The standard InChI is InChI=1S/C18H18F2N4O3/c1-10-3-4-13(22-11(2)25)8-16(10)24-18(27)21-9-17(26)23-12-5-6-14(19)15(20)7-12/h3-8H,9H2,1-2H3,(H,22,25)(H,23,26)(H2,21,24,27). The van der Waals surface area contributed by atoms with Gasteiger partial charge in [0, 0.05) is 30.1 Å². The molecule has 7 nitrogen and oxygen atoms in total. The minimum atomic E-state index is -1.09. The quantitative estimate of drug-likeness (QED) is 0.645. The van der Waals surface area contributed by atoms with E-state index in [1.165, 1.54) is 13.0 Å². The van der Waals surface area contributed by atoms with Crippen molar-refractivity contribution in [1.29, 1.82) is 0 Å². The van der Waals surface area contributed by atoms with Crippen LogP contribution in [0.5, 0.6) is 0 Å². The van der Waals surface area contributed by atoms with Gasteiger partial charge in [0.15, 0.2) is 11.6 Å². The van der Waals surface area contributed by atoms with Crippen LogP contribution in [0.4, 0.5) is 30.6 Å². The first kappa shape index (κ1) is 19.8. The molecule has 0 aromatic heterocycles. The number of benzene rings is 2. The Labute approximate surface area is 154 Å². The number of anilines is 3. The topological polar surface area (TPSA) is 99.3 Å². The number of hydrogen-bond donors (Lipinski definition) is 4. The van der Waals surface area contributed by atoms with Crippen LogP contribution in [0.1, 0.15) is 12.5 Å². The molecule has 2 aromatic rings. The van der Waals surface area contributed by atoms with E-state index in [2.05, 4.69) is 21.3 Å². The van der Waals surface area contributed by atoms with E-state index in [0.29, 0.717) is 11.4 Å². The molecule has 0 atom stereocenters. The van der Waals surface area contributed by atoms with E-state index in [4.69, 9.17) is 0 Å². The Morgan fingerprint density at radius 2 is 1.56 bits per heavy atom. The molecule has 2 aromatic carbocycles. The predicted octanol–water partition coefficient (Wildman–Crippen LogP) is 2.99. The molecular formula is C18H18F2N4O3. The SMILES string of the molecule is CC(=O)Nc1ccc(C)c(NC(=O)NCC(=O)Nc2ccc(F)c(F)c2)c1. The third-order valence-electron chi connectivity index (χ3n) is 3.42. The van der Waals surface area contributed by atoms with Crippen molar-refractivity contribution in [3.8, 4) is 0 Å². The van der Waals surface area contributed by atoms with E-state index in [9.17, 15) is 23.2 Å². The van der Waals surface area contributed by atoms with Gasteiger partial charge in [-0.1, -0.05) is 6.07 Å². The highest BCUT2D eigenvalue weighted by molar-refractivity contribution is 5.97. The first-order valence-electron chi connectivity index (χ1n) is 7.92. The van der Waals surface area contributed by atoms with Gasteiger partial charge in [0.25, 0.3) is 0 Å². The van der Waals surface area contributed by atoms with Gasteiger partial charge in [-0.2, -0.15) is 0 Å². The van der Waals surface area contributed by atoms with Crippen LogP contribution in [0.2, 0.25) is 0 Å². The maximum absolute atomic E-state index is 13.1. The lowest BCUT2D eigenvalue weighted by molar-refractivity contribution is -0.115. The Kier molecular flexibility index (Phi) is 6.42. The molecule has 0 unspecified atom stereocenters. The van der Waals surface area contributed by atoms with Gasteiger partial charge >= 0.3 is 6.03 Å². The average molecular weight is 376 g/mol. The van der Waals surface area contributed by atoms with E-state index < -0.39 is 23.6 Å². The van der Waals surface area contributed by atoms with Crippen molar-refractivity contribution in [2.75, 3.05) is 22.5 Å². The first-order valence-corrected chi connectivity index (χ1v) is 7.92. The monoisotopic (exact) mass is 376 g/mol. The second-order valence-electron chi connectivity index (χ2n) is 5.70. The lowest BCUT2D eigenvalue weighted by Crippen LogP contribution is -2.36. The van der Waals surface area contributed by atoms with Gasteiger partial charge in [0.1, 0.15) is 0 Å². The molecule has 142 valence electrons. The second-order valence-corrected chi connectivity index (χ2v) is 5.70. The molecule has 0 heterocycles. The summed E-state index contributed by atoms with van der Waals surface area (Å²) in [6.07, 6.45) is 0. The van der Waals surface area contributed by atoms with Crippen molar-refractivity contribution in [2.24, 2.45) is 0 Å². The summed E-state index contributed by atoms with van der Waals surface area (Å²) in [5.41, 5.74) is 1.80. The van der Waals surface area contributed by atoms with Crippen molar-refractivity contribution < 1.29 is 23.2 Å². The van der Waals surface area contributed by atoms with Gasteiger partial charge in [-0.25, -0.2) is 13.6 Å². The van der Waals surface area contributed by atoms with Crippen molar-refractivity contribution in [1.82, 2.24) is 5.32 Å². The molecule has 2 rings (SSSR count). The molecule has 9 heteroatoms. The summed E-state index contributed by atoms with van der Waals surface area (Å²) in [5.74, 6) is -2.97. The van der Waals surface area contributed by atoms with Crippen molar-refractivity contribution in [3.63, 3.8) is 0 Å². The normalized spacial score (nSPS) is 10.1. The van der Waals surface area contributed by atoms with Crippen LogP contribution in [-0.2, 0) is 9.59 Å². The molecule has 0 aliphatic carbocycles. The van der Waals surface area contributed by atoms with Gasteiger partial charge in [0.2, 0.25) is 11.8 Å². The first-order chi connectivity index (χ1) is 12.7. The van der Waals surface area contributed by atoms with Crippen LogP contribution in [0.3, 0.4) is 0 Å². The summed E-state index contributed by atoms with van der Waals surface area (Å²) in [6, 6.07) is 7.27. The fraction of sp³-hybridized carbons (Fsp3) is 0.167. The number of carbonyl (C=O) groups excluding carboxylic acids is 3. The van der Waals surface area contributed by atoms with Gasteiger partial charge in [-0.15, -0.1) is 0 Å². The van der Waals surface area contributed by atoms with E-state index >= 15 is 0 Å². The van der Waals surface area contributed by atoms with Crippen LogP contribution in [-0.4, -0.2) is 24.4 Å². The summed E-state index contributed by atoms with van der Waals surface area (Å²) in [6.45, 7) is 2.75. The third kappa shape index (κ3) is 6.07. The van der Waals surface area contributed by atoms with Crippen LogP contribution in [0.25, 0.3) is 0 Å². The highest BCUT2D eigenvalue weighted by atomic mass is 19.2. The molecule has 0 saturated carbocycles. The number of aryl methyl sites for hydroxylation is 1. The molecule has 0 aliphatic heterocycles. The van der Waals surface area contributed by atoms with Crippen LogP contribution < -0.4 is 21.3 Å².